The first-order chi connectivity index (χ1) is 10.2. The van der Waals surface area contributed by atoms with E-state index in [0.717, 1.165) is 28.8 Å². The van der Waals surface area contributed by atoms with Gasteiger partial charge in [-0.1, -0.05) is 12.1 Å². The number of nitrogens with zero attached hydrogens (tertiary/aromatic N) is 5. The van der Waals surface area contributed by atoms with Gasteiger partial charge in [0.25, 0.3) is 0 Å². The molecule has 1 aromatic carbocycles. The van der Waals surface area contributed by atoms with Gasteiger partial charge in [-0.3, -0.25) is 4.68 Å². The first-order valence-electron chi connectivity index (χ1n) is 6.80. The average Bonchev–Trinajstić information content (AvgIpc) is 2.91. The lowest BCUT2D eigenvalue weighted by molar-refractivity contribution is 0.766. The molecule has 3 rings (SSSR count). The maximum absolute atomic E-state index is 4.60. The SMILES string of the molecule is CNc1nc(N(C)Cc2cnn(C)c2)c2ccccc2n1. The Morgan fingerprint density at radius 1 is 1.24 bits per heavy atom. The second-order valence-electron chi connectivity index (χ2n) is 5.02. The third-order valence-electron chi connectivity index (χ3n) is 3.35. The van der Waals surface area contributed by atoms with Crippen molar-refractivity contribution in [3.8, 4) is 0 Å². The molecule has 0 fully saturated rings. The smallest absolute Gasteiger partial charge is 0.224 e. The van der Waals surface area contributed by atoms with Crippen molar-refractivity contribution in [1.29, 1.82) is 0 Å². The first kappa shape index (κ1) is 13.4. The molecule has 0 aliphatic rings. The van der Waals surface area contributed by atoms with Crippen LogP contribution in [0.2, 0.25) is 0 Å². The monoisotopic (exact) mass is 282 g/mol. The Labute approximate surface area is 123 Å². The van der Waals surface area contributed by atoms with Crippen molar-refractivity contribution in [1.82, 2.24) is 19.7 Å². The topological polar surface area (TPSA) is 58.9 Å². The van der Waals surface area contributed by atoms with E-state index in [-0.39, 0.29) is 0 Å². The summed E-state index contributed by atoms with van der Waals surface area (Å²) >= 11 is 0. The lowest BCUT2D eigenvalue weighted by atomic mass is 10.2. The predicted octanol–water partition coefficient (Wildman–Crippen LogP) is 2.04. The zero-order valence-electron chi connectivity index (χ0n) is 12.4. The van der Waals surface area contributed by atoms with Gasteiger partial charge in [0, 0.05) is 44.8 Å². The Morgan fingerprint density at radius 2 is 2.05 bits per heavy atom. The van der Waals surface area contributed by atoms with Crippen LogP contribution in [-0.4, -0.2) is 33.8 Å². The Balaban J connectivity index is 2.01. The zero-order valence-corrected chi connectivity index (χ0v) is 12.4. The number of rotatable bonds is 4. The molecule has 6 heteroatoms. The largest absolute Gasteiger partial charge is 0.357 e. The van der Waals surface area contributed by atoms with E-state index in [2.05, 4.69) is 25.3 Å². The van der Waals surface area contributed by atoms with Gasteiger partial charge in [-0.25, -0.2) is 4.98 Å². The van der Waals surface area contributed by atoms with E-state index in [4.69, 9.17) is 0 Å². The van der Waals surface area contributed by atoms with Crippen LogP contribution in [0.25, 0.3) is 10.9 Å². The second-order valence-corrected chi connectivity index (χ2v) is 5.02. The molecule has 0 unspecified atom stereocenters. The summed E-state index contributed by atoms with van der Waals surface area (Å²) in [6.45, 7) is 0.748. The number of anilines is 2. The van der Waals surface area contributed by atoms with Gasteiger partial charge in [0.2, 0.25) is 5.95 Å². The van der Waals surface area contributed by atoms with Crippen molar-refractivity contribution >= 4 is 22.7 Å². The van der Waals surface area contributed by atoms with E-state index in [9.17, 15) is 0 Å². The van der Waals surface area contributed by atoms with Gasteiger partial charge in [0.15, 0.2) is 0 Å². The molecule has 0 aliphatic heterocycles. The lowest BCUT2D eigenvalue weighted by Crippen LogP contribution is -2.18. The molecule has 0 bridgehead atoms. The highest BCUT2D eigenvalue weighted by molar-refractivity contribution is 5.90. The standard InChI is InChI=1S/C15H18N6/c1-16-15-18-13-7-5-4-6-12(13)14(19-15)20(2)9-11-8-17-21(3)10-11/h4-8,10H,9H2,1-3H3,(H,16,18,19). The third kappa shape index (κ3) is 2.65. The second kappa shape index (κ2) is 5.40. The zero-order chi connectivity index (χ0) is 14.8. The van der Waals surface area contributed by atoms with Gasteiger partial charge in [0.05, 0.1) is 11.7 Å². The number of fused-ring (bicyclic) bond motifs is 1. The molecule has 0 saturated carbocycles. The molecule has 0 atom stereocenters. The fraction of sp³-hybridized carbons (Fsp3) is 0.267. The molecular weight excluding hydrogens is 264 g/mol. The molecular formula is C15H18N6. The lowest BCUT2D eigenvalue weighted by Gasteiger charge is -2.19. The van der Waals surface area contributed by atoms with Crippen LogP contribution in [0.15, 0.2) is 36.7 Å². The number of nitrogens with one attached hydrogen (secondary N) is 1. The van der Waals surface area contributed by atoms with E-state index in [1.807, 2.05) is 57.8 Å². The molecule has 2 aromatic heterocycles. The van der Waals surface area contributed by atoms with Crippen LogP contribution < -0.4 is 10.2 Å². The summed E-state index contributed by atoms with van der Waals surface area (Å²) in [4.78, 5) is 11.2. The van der Waals surface area contributed by atoms with Crippen LogP contribution in [0.1, 0.15) is 5.56 Å². The molecule has 0 radical (unpaired) electrons. The number of aromatic nitrogens is 4. The van der Waals surface area contributed by atoms with E-state index in [1.165, 1.54) is 0 Å². The van der Waals surface area contributed by atoms with Crippen LogP contribution >= 0.6 is 0 Å². The summed E-state index contributed by atoms with van der Waals surface area (Å²) < 4.78 is 1.81. The van der Waals surface area contributed by atoms with Gasteiger partial charge >= 0.3 is 0 Å². The fourth-order valence-electron chi connectivity index (χ4n) is 2.36. The number of aryl methyl sites for hydroxylation is 1. The van der Waals surface area contributed by atoms with E-state index in [1.54, 1.807) is 4.68 Å². The number of hydrogen-bond acceptors (Lipinski definition) is 5. The van der Waals surface area contributed by atoms with Gasteiger partial charge in [-0.15, -0.1) is 0 Å². The minimum absolute atomic E-state index is 0.627. The number of hydrogen-bond donors (Lipinski definition) is 1. The summed E-state index contributed by atoms with van der Waals surface area (Å²) in [6, 6.07) is 8.04. The van der Waals surface area contributed by atoms with Crippen LogP contribution in [0.5, 0.6) is 0 Å². The van der Waals surface area contributed by atoms with Crippen LogP contribution in [0.4, 0.5) is 11.8 Å². The van der Waals surface area contributed by atoms with Gasteiger partial charge in [-0.2, -0.15) is 10.1 Å². The van der Waals surface area contributed by atoms with Crippen LogP contribution in [0.3, 0.4) is 0 Å². The van der Waals surface area contributed by atoms with E-state index in [0.29, 0.717) is 5.95 Å². The molecule has 0 amide bonds. The normalized spacial score (nSPS) is 10.8. The van der Waals surface area contributed by atoms with Crippen molar-refractivity contribution in [2.75, 3.05) is 24.3 Å². The van der Waals surface area contributed by atoms with Crippen molar-refractivity contribution in [3.63, 3.8) is 0 Å². The van der Waals surface area contributed by atoms with Crippen molar-refractivity contribution in [2.45, 2.75) is 6.54 Å². The highest BCUT2D eigenvalue weighted by atomic mass is 15.3. The van der Waals surface area contributed by atoms with Gasteiger partial charge < -0.3 is 10.2 Å². The minimum atomic E-state index is 0.627. The third-order valence-corrected chi connectivity index (χ3v) is 3.35. The van der Waals surface area contributed by atoms with Gasteiger partial charge in [0.1, 0.15) is 5.82 Å². The van der Waals surface area contributed by atoms with Crippen molar-refractivity contribution in [2.24, 2.45) is 7.05 Å². The summed E-state index contributed by atoms with van der Waals surface area (Å²) in [5, 5.41) is 8.27. The Morgan fingerprint density at radius 3 is 2.76 bits per heavy atom. The molecule has 2 heterocycles. The van der Waals surface area contributed by atoms with Crippen LogP contribution in [0, 0.1) is 0 Å². The molecule has 108 valence electrons. The van der Waals surface area contributed by atoms with E-state index >= 15 is 0 Å². The Hall–Kier alpha value is -2.63. The maximum atomic E-state index is 4.60. The van der Waals surface area contributed by atoms with E-state index < -0.39 is 0 Å². The quantitative estimate of drug-likeness (QED) is 0.793. The summed E-state index contributed by atoms with van der Waals surface area (Å²) in [7, 11) is 5.78. The summed E-state index contributed by atoms with van der Waals surface area (Å²) in [5.74, 6) is 1.54. The molecule has 0 aliphatic carbocycles. The highest BCUT2D eigenvalue weighted by Gasteiger charge is 2.12. The minimum Gasteiger partial charge on any atom is -0.357 e. The molecule has 6 nitrogen and oxygen atoms in total. The fourth-order valence-corrected chi connectivity index (χ4v) is 2.36. The molecule has 0 saturated heterocycles. The van der Waals surface area contributed by atoms with Crippen LogP contribution in [-0.2, 0) is 13.6 Å². The summed E-state index contributed by atoms with van der Waals surface area (Å²) in [5.41, 5.74) is 2.08. The molecule has 0 spiro atoms. The van der Waals surface area contributed by atoms with Crippen molar-refractivity contribution < 1.29 is 0 Å². The number of para-hydroxylation sites is 1. The molecule has 21 heavy (non-hydrogen) atoms. The molecule has 3 aromatic rings. The Bertz CT molecular complexity index is 764. The first-order valence-corrected chi connectivity index (χ1v) is 6.80. The maximum Gasteiger partial charge on any atom is 0.224 e. The number of benzene rings is 1. The molecule has 1 N–H and O–H groups in total. The average molecular weight is 282 g/mol. The summed E-state index contributed by atoms with van der Waals surface area (Å²) in [6.07, 6.45) is 3.89. The van der Waals surface area contributed by atoms with Crippen molar-refractivity contribution in [3.05, 3.63) is 42.2 Å². The highest BCUT2D eigenvalue weighted by Crippen LogP contribution is 2.25. The Kier molecular flexibility index (Phi) is 3.43. The van der Waals surface area contributed by atoms with Gasteiger partial charge in [-0.05, 0) is 12.1 Å². The predicted molar refractivity (Wildman–Crippen MR) is 84.4 cm³/mol.